The van der Waals surface area contributed by atoms with Crippen molar-refractivity contribution in [3.63, 3.8) is 0 Å². The number of allylic oxidation sites excluding steroid dienone is 1. The van der Waals surface area contributed by atoms with E-state index in [4.69, 9.17) is 0 Å². The number of carbonyl (C=O) groups excluding carboxylic acids is 2. The molecule has 4 aromatic rings. The van der Waals surface area contributed by atoms with E-state index in [9.17, 15) is 9.59 Å². The van der Waals surface area contributed by atoms with Gasteiger partial charge in [-0.25, -0.2) is 0 Å². The Balaban J connectivity index is 1.31. The SMILES string of the molecule is C=CCn1cc(/C=N/N2C(=O)C3C4c5ccccc5C(c5ccccc54)C3C2=O)c2ccccc21. The van der Waals surface area contributed by atoms with Crippen molar-refractivity contribution >= 4 is 28.9 Å². The third-order valence-corrected chi connectivity index (χ3v) is 7.88. The summed E-state index contributed by atoms with van der Waals surface area (Å²) in [5, 5.41) is 6.65. The van der Waals surface area contributed by atoms with E-state index >= 15 is 0 Å². The molecule has 2 heterocycles. The highest BCUT2D eigenvalue weighted by Gasteiger charge is 2.61. The van der Waals surface area contributed by atoms with Gasteiger partial charge in [-0.15, -0.1) is 6.58 Å². The van der Waals surface area contributed by atoms with Gasteiger partial charge in [-0.1, -0.05) is 72.8 Å². The maximum atomic E-state index is 13.7. The third kappa shape index (κ3) is 2.66. The van der Waals surface area contributed by atoms with Crippen molar-refractivity contribution < 1.29 is 9.59 Å². The minimum Gasteiger partial charge on any atom is -0.343 e. The van der Waals surface area contributed by atoms with Gasteiger partial charge in [0.15, 0.2) is 0 Å². The highest BCUT2D eigenvalue weighted by molar-refractivity contribution is 6.08. The molecule has 0 spiro atoms. The molecular weight excluding hydrogens is 434 g/mol. The highest BCUT2D eigenvalue weighted by Crippen LogP contribution is 2.60. The number of hydrazone groups is 1. The van der Waals surface area contributed by atoms with Crippen molar-refractivity contribution in [3.05, 3.63) is 119 Å². The predicted octanol–water partition coefficient (Wildman–Crippen LogP) is 5.05. The first-order valence-electron chi connectivity index (χ1n) is 12.0. The largest absolute Gasteiger partial charge is 0.343 e. The predicted molar refractivity (Wildman–Crippen MR) is 135 cm³/mol. The van der Waals surface area contributed by atoms with Crippen LogP contribution in [0.2, 0.25) is 0 Å². The minimum atomic E-state index is -0.420. The van der Waals surface area contributed by atoms with Crippen LogP contribution in [-0.4, -0.2) is 27.6 Å². The van der Waals surface area contributed by atoms with Gasteiger partial charge in [0.1, 0.15) is 0 Å². The summed E-state index contributed by atoms with van der Waals surface area (Å²) in [4.78, 5) is 27.5. The average molecular weight is 458 g/mol. The molecule has 1 aromatic heterocycles. The average Bonchev–Trinajstić information content (AvgIpc) is 3.37. The van der Waals surface area contributed by atoms with Crippen LogP contribution in [0.3, 0.4) is 0 Å². The molecule has 1 saturated heterocycles. The van der Waals surface area contributed by atoms with Gasteiger partial charge in [-0.2, -0.15) is 10.1 Å². The van der Waals surface area contributed by atoms with Gasteiger partial charge < -0.3 is 4.57 Å². The first-order valence-corrected chi connectivity index (χ1v) is 12.0. The lowest BCUT2D eigenvalue weighted by molar-refractivity contribution is -0.139. The van der Waals surface area contributed by atoms with Crippen molar-refractivity contribution in [2.75, 3.05) is 0 Å². The van der Waals surface area contributed by atoms with Gasteiger partial charge in [0.25, 0.3) is 11.8 Å². The summed E-state index contributed by atoms with van der Waals surface area (Å²) in [5.74, 6) is -1.49. The number of hydrogen-bond acceptors (Lipinski definition) is 3. The monoisotopic (exact) mass is 457 g/mol. The Morgan fingerprint density at radius 2 is 1.29 bits per heavy atom. The Hall–Kier alpha value is -4.25. The second kappa shape index (κ2) is 7.37. The molecule has 3 aliphatic carbocycles. The maximum Gasteiger partial charge on any atom is 0.254 e. The number of carbonyl (C=O) groups is 2. The van der Waals surface area contributed by atoms with Crippen LogP contribution in [0.1, 0.15) is 39.7 Å². The highest BCUT2D eigenvalue weighted by atomic mass is 16.2. The van der Waals surface area contributed by atoms with Crippen LogP contribution in [0.4, 0.5) is 0 Å². The lowest BCUT2D eigenvalue weighted by Gasteiger charge is -2.45. The molecule has 1 fully saturated rings. The first kappa shape index (κ1) is 20.2. The molecule has 2 amide bonds. The number of amides is 2. The molecular formula is C30H23N3O2. The standard InChI is InChI=1S/C30H23N3O2/c1-2-15-32-17-18(19-9-7-8-14-24(19)32)16-31-33-29(34)27-25-20-10-3-4-11-21(20)26(28(27)30(33)35)23-13-6-5-12-22(23)25/h2-14,16-17,25-28H,1,15H2/b31-16+. The van der Waals surface area contributed by atoms with Gasteiger partial charge in [-0.3, -0.25) is 9.59 Å². The minimum absolute atomic E-state index is 0.122. The lowest BCUT2D eigenvalue weighted by atomic mass is 9.55. The normalized spacial score (nSPS) is 24.2. The summed E-state index contributed by atoms with van der Waals surface area (Å²) in [6.45, 7) is 4.51. The Bertz CT molecular complexity index is 1460. The molecule has 0 N–H and O–H groups in total. The second-order valence-corrected chi connectivity index (χ2v) is 9.54. The lowest BCUT2D eigenvalue weighted by Crippen LogP contribution is -2.41. The third-order valence-electron chi connectivity index (χ3n) is 7.88. The van der Waals surface area contributed by atoms with Gasteiger partial charge in [-0.05, 0) is 28.3 Å². The summed E-state index contributed by atoms with van der Waals surface area (Å²) < 4.78 is 2.09. The Morgan fingerprint density at radius 1 is 0.771 bits per heavy atom. The molecule has 1 aliphatic heterocycles. The fourth-order valence-corrected chi connectivity index (χ4v) is 6.56. The van der Waals surface area contributed by atoms with Gasteiger partial charge in [0, 0.05) is 41.0 Å². The number of imide groups is 1. The zero-order chi connectivity index (χ0) is 23.7. The van der Waals surface area contributed by atoms with Gasteiger partial charge in [0.05, 0.1) is 18.1 Å². The molecule has 4 aliphatic rings. The number of fused-ring (bicyclic) bond motifs is 1. The maximum absolute atomic E-state index is 13.7. The summed E-state index contributed by atoms with van der Waals surface area (Å²) in [6.07, 6.45) is 5.48. The smallest absolute Gasteiger partial charge is 0.254 e. The number of benzene rings is 3. The quantitative estimate of drug-likeness (QED) is 0.245. The van der Waals surface area contributed by atoms with E-state index in [0.29, 0.717) is 6.54 Å². The van der Waals surface area contributed by atoms with E-state index in [0.717, 1.165) is 43.7 Å². The second-order valence-electron chi connectivity index (χ2n) is 9.54. The molecule has 2 atom stereocenters. The fourth-order valence-electron chi connectivity index (χ4n) is 6.56. The summed E-state index contributed by atoms with van der Waals surface area (Å²) in [7, 11) is 0. The molecule has 170 valence electrons. The van der Waals surface area contributed by atoms with Crippen LogP contribution in [0.15, 0.2) is 96.7 Å². The van der Waals surface area contributed by atoms with Crippen LogP contribution in [0.25, 0.3) is 10.9 Å². The van der Waals surface area contributed by atoms with Crippen molar-refractivity contribution in [3.8, 4) is 0 Å². The van der Waals surface area contributed by atoms with Crippen LogP contribution in [0.5, 0.6) is 0 Å². The van der Waals surface area contributed by atoms with Crippen LogP contribution in [0, 0.1) is 11.8 Å². The van der Waals surface area contributed by atoms with Gasteiger partial charge in [0.2, 0.25) is 0 Å². The van der Waals surface area contributed by atoms with E-state index in [-0.39, 0.29) is 23.7 Å². The molecule has 0 saturated carbocycles. The topological polar surface area (TPSA) is 54.7 Å². The Labute approximate surface area is 203 Å². The number of nitrogens with zero attached hydrogens (tertiary/aromatic N) is 3. The van der Waals surface area contributed by atoms with E-state index < -0.39 is 11.8 Å². The van der Waals surface area contributed by atoms with Crippen molar-refractivity contribution in [1.82, 2.24) is 9.58 Å². The fraction of sp³-hybridized carbons (Fsp3) is 0.167. The Kier molecular flexibility index (Phi) is 4.25. The molecule has 8 rings (SSSR count). The van der Waals surface area contributed by atoms with Crippen molar-refractivity contribution in [1.29, 1.82) is 0 Å². The zero-order valence-corrected chi connectivity index (χ0v) is 19.0. The number of para-hydroxylation sites is 1. The molecule has 5 heteroatoms. The summed E-state index contributed by atoms with van der Waals surface area (Å²) >= 11 is 0. The van der Waals surface area contributed by atoms with E-state index in [1.807, 2.05) is 60.8 Å². The van der Waals surface area contributed by atoms with Crippen molar-refractivity contribution in [2.45, 2.75) is 18.4 Å². The first-order chi connectivity index (χ1) is 17.2. The molecule has 5 nitrogen and oxygen atoms in total. The van der Waals surface area contributed by atoms with Crippen LogP contribution in [-0.2, 0) is 16.1 Å². The number of aromatic nitrogens is 1. The zero-order valence-electron chi connectivity index (χ0n) is 19.0. The van der Waals surface area contributed by atoms with Crippen molar-refractivity contribution in [2.24, 2.45) is 16.9 Å². The Morgan fingerprint density at radius 3 is 1.83 bits per heavy atom. The molecule has 0 radical (unpaired) electrons. The number of hydrogen-bond donors (Lipinski definition) is 0. The molecule has 2 bridgehead atoms. The molecule has 35 heavy (non-hydrogen) atoms. The summed E-state index contributed by atoms with van der Waals surface area (Å²) in [6, 6.07) is 24.6. The van der Waals surface area contributed by atoms with Crippen LogP contribution >= 0.6 is 0 Å². The van der Waals surface area contributed by atoms with E-state index in [1.54, 1.807) is 6.21 Å². The van der Waals surface area contributed by atoms with E-state index in [1.165, 1.54) is 0 Å². The van der Waals surface area contributed by atoms with Gasteiger partial charge >= 0.3 is 0 Å². The molecule has 3 aromatic carbocycles. The van der Waals surface area contributed by atoms with Crippen LogP contribution < -0.4 is 0 Å². The summed E-state index contributed by atoms with van der Waals surface area (Å²) in [5.41, 5.74) is 6.58. The molecule has 2 unspecified atom stereocenters. The van der Waals surface area contributed by atoms with E-state index in [2.05, 4.69) is 40.5 Å². The number of rotatable bonds is 4.